The van der Waals surface area contributed by atoms with E-state index in [0.29, 0.717) is 5.41 Å². The van der Waals surface area contributed by atoms with Crippen LogP contribution in [0.2, 0.25) is 0 Å². The number of aromatic nitrogens is 3. The maximum absolute atomic E-state index is 3.92. The van der Waals surface area contributed by atoms with Gasteiger partial charge in [0.15, 0.2) is 0 Å². The maximum Gasteiger partial charge on any atom is 0.0738 e. The van der Waals surface area contributed by atoms with Gasteiger partial charge in [0.1, 0.15) is 0 Å². The standard InChI is InChI=1S/C12H24N4/c1-5-12(6-2,7-3)10-13-8-11-9-14-15-16(11)4/h9,13H,5-8,10H2,1-4H3. The highest BCUT2D eigenvalue weighted by molar-refractivity contribution is 4.92. The van der Waals surface area contributed by atoms with E-state index in [2.05, 4.69) is 36.4 Å². The number of hydrogen-bond donors (Lipinski definition) is 1. The molecule has 0 spiro atoms. The molecule has 0 unspecified atom stereocenters. The van der Waals surface area contributed by atoms with Gasteiger partial charge in [-0.05, 0) is 24.7 Å². The van der Waals surface area contributed by atoms with Crippen LogP contribution >= 0.6 is 0 Å². The highest BCUT2D eigenvalue weighted by Gasteiger charge is 2.23. The molecule has 1 rings (SSSR count). The Morgan fingerprint density at radius 3 is 2.31 bits per heavy atom. The van der Waals surface area contributed by atoms with Crippen molar-refractivity contribution >= 4 is 0 Å². The molecule has 1 N–H and O–H groups in total. The van der Waals surface area contributed by atoms with Crippen molar-refractivity contribution < 1.29 is 0 Å². The molecule has 0 saturated heterocycles. The third kappa shape index (κ3) is 3.04. The van der Waals surface area contributed by atoms with E-state index in [4.69, 9.17) is 0 Å². The molecule has 4 heteroatoms. The molecule has 0 atom stereocenters. The van der Waals surface area contributed by atoms with Crippen LogP contribution in [0.15, 0.2) is 6.20 Å². The average Bonchev–Trinajstić information content (AvgIpc) is 2.71. The van der Waals surface area contributed by atoms with Gasteiger partial charge < -0.3 is 5.32 Å². The summed E-state index contributed by atoms with van der Waals surface area (Å²) in [6, 6.07) is 0. The Hall–Kier alpha value is -0.900. The van der Waals surface area contributed by atoms with Gasteiger partial charge >= 0.3 is 0 Å². The molecular formula is C12H24N4. The lowest BCUT2D eigenvalue weighted by Gasteiger charge is -2.30. The van der Waals surface area contributed by atoms with Gasteiger partial charge in [-0.3, -0.25) is 4.68 Å². The first-order chi connectivity index (χ1) is 7.67. The molecule has 0 fully saturated rings. The molecule has 0 saturated carbocycles. The van der Waals surface area contributed by atoms with E-state index in [1.165, 1.54) is 19.3 Å². The Morgan fingerprint density at radius 2 is 1.88 bits per heavy atom. The fraction of sp³-hybridized carbons (Fsp3) is 0.833. The highest BCUT2D eigenvalue weighted by atomic mass is 15.4. The largest absolute Gasteiger partial charge is 0.311 e. The second-order valence-corrected chi connectivity index (χ2v) is 4.51. The Bertz CT molecular complexity index is 293. The molecular weight excluding hydrogens is 200 g/mol. The van der Waals surface area contributed by atoms with Crippen molar-refractivity contribution in [1.82, 2.24) is 20.3 Å². The van der Waals surface area contributed by atoms with Gasteiger partial charge in [-0.25, -0.2) is 0 Å². The minimum atomic E-state index is 0.450. The van der Waals surface area contributed by atoms with E-state index < -0.39 is 0 Å². The van der Waals surface area contributed by atoms with Crippen LogP contribution in [-0.2, 0) is 13.6 Å². The summed E-state index contributed by atoms with van der Waals surface area (Å²) in [4.78, 5) is 0. The van der Waals surface area contributed by atoms with Gasteiger partial charge in [-0.15, -0.1) is 5.10 Å². The minimum absolute atomic E-state index is 0.450. The van der Waals surface area contributed by atoms with E-state index in [9.17, 15) is 0 Å². The van der Waals surface area contributed by atoms with Crippen LogP contribution < -0.4 is 5.32 Å². The van der Waals surface area contributed by atoms with Crippen LogP contribution in [0.25, 0.3) is 0 Å². The van der Waals surface area contributed by atoms with Crippen molar-refractivity contribution in [3.8, 4) is 0 Å². The topological polar surface area (TPSA) is 42.7 Å². The summed E-state index contributed by atoms with van der Waals surface area (Å²) in [6.45, 7) is 8.76. The predicted molar refractivity (Wildman–Crippen MR) is 66.0 cm³/mol. The summed E-state index contributed by atoms with van der Waals surface area (Å²) in [5, 5.41) is 11.3. The lowest BCUT2D eigenvalue weighted by Crippen LogP contribution is -2.33. The van der Waals surface area contributed by atoms with Crippen molar-refractivity contribution in [1.29, 1.82) is 0 Å². The first-order valence-electron chi connectivity index (χ1n) is 6.21. The number of aryl methyl sites for hydroxylation is 1. The van der Waals surface area contributed by atoms with Crippen LogP contribution in [0.5, 0.6) is 0 Å². The molecule has 1 heterocycles. The zero-order valence-corrected chi connectivity index (χ0v) is 11.0. The monoisotopic (exact) mass is 224 g/mol. The molecule has 4 nitrogen and oxygen atoms in total. The minimum Gasteiger partial charge on any atom is -0.311 e. The predicted octanol–water partition coefficient (Wildman–Crippen LogP) is 2.12. The van der Waals surface area contributed by atoms with Crippen LogP contribution in [0, 0.1) is 5.41 Å². The van der Waals surface area contributed by atoms with Gasteiger partial charge in [-0.2, -0.15) is 0 Å². The molecule has 0 aromatic carbocycles. The second-order valence-electron chi connectivity index (χ2n) is 4.51. The van der Waals surface area contributed by atoms with Gasteiger partial charge in [0.25, 0.3) is 0 Å². The van der Waals surface area contributed by atoms with Crippen molar-refractivity contribution in [2.24, 2.45) is 12.5 Å². The molecule has 0 amide bonds. The van der Waals surface area contributed by atoms with Crippen LogP contribution in [0.1, 0.15) is 45.7 Å². The van der Waals surface area contributed by atoms with Crippen molar-refractivity contribution in [2.75, 3.05) is 6.54 Å². The Labute approximate surface area is 98.4 Å². The van der Waals surface area contributed by atoms with E-state index in [1.54, 1.807) is 0 Å². The van der Waals surface area contributed by atoms with E-state index in [0.717, 1.165) is 18.8 Å². The number of nitrogens with one attached hydrogen (secondary N) is 1. The quantitative estimate of drug-likeness (QED) is 0.771. The summed E-state index contributed by atoms with van der Waals surface area (Å²) >= 11 is 0. The number of rotatable bonds is 7. The zero-order chi connectivity index (χ0) is 12.0. The third-order valence-corrected chi connectivity index (χ3v) is 3.86. The summed E-state index contributed by atoms with van der Waals surface area (Å²) in [6.07, 6.45) is 5.52. The van der Waals surface area contributed by atoms with Crippen LogP contribution in [-0.4, -0.2) is 21.5 Å². The van der Waals surface area contributed by atoms with Crippen molar-refractivity contribution in [2.45, 2.75) is 46.6 Å². The molecule has 1 aromatic rings. The SMILES string of the molecule is CCC(CC)(CC)CNCc1cnnn1C. The van der Waals surface area contributed by atoms with E-state index in [1.807, 2.05) is 17.9 Å². The van der Waals surface area contributed by atoms with Crippen molar-refractivity contribution in [3.05, 3.63) is 11.9 Å². The van der Waals surface area contributed by atoms with Crippen molar-refractivity contribution in [3.63, 3.8) is 0 Å². The Balaban J connectivity index is 2.42. The fourth-order valence-corrected chi connectivity index (χ4v) is 2.05. The second kappa shape index (κ2) is 5.99. The Kier molecular flexibility index (Phi) is 4.93. The van der Waals surface area contributed by atoms with E-state index >= 15 is 0 Å². The Morgan fingerprint density at radius 1 is 1.25 bits per heavy atom. The van der Waals surface area contributed by atoms with Gasteiger partial charge in [0.05, 0.1) is 11.9 Å². The number of hydrogen-bond acceptors (Lipinski definition) is 3. The first kappa shape index (κ1) is 13.2. The third-order valence-electron chi connectivity index (χ3n) is 3.86. The van der Waals surface area contributed by atoms with Gasteiger partial charge in [0.2, 0.25) is 0 Å². The summed E-state index contributed by atoms with van der Waals surface area (Å²) in [5.74, 6) is 0. The summed E-state index contributed by atoms with van der Waals surface area (Å²) in [7, 11) is 1.93. The molecule has 0 bridgehead atoms. The zero-order valence-electron chi connectivity index (χ0n) is 11.0. The lowest BCUT2D eigenvalue weighted by atomic mass is 9.80. The molecule has 0 aliphatic rings. The van der Waals surface area contributed by atoms with Crippen LogP contribution in [0.3, 0.4) is 0 Å². The molecule has 0 aliphatic heterocycles. The number of nitrogens with zero attached hydrogens (tertiary/aromatic N) is 3. The highest BCUT2D eigenvalue weighted by Crippen LogP contribution is 2.29. The summed E-state index contributed by atoms with van der Waals surface area (Å²) in [5.41, 5.74) is 1.59. The summed E-state index contributed by atoms with van der Waals surface area (Å²) < 4.78 is 1.82. The average molecular weight is 224 g/mol. The first-order valence-corrected chi connectivity index (χ1v) is 6.21. The molecule has 16 heavy (non-hydrogen) atoms. The molecule has 0 radical (unpaired) electrons. The fourth-order valence-electron chi connectivity index (χ4n) is 2.05. The molecule has 0 aliphatic carbocycles. The molecule has 1 aromatic heterocycles. The van der Waals surface area contributed by atoms with E-state index in [-0.39, 0.29) is 0 Å². The maximum atomic E-state index is 3.92. The smallest absolute Gasteiger partial charge is 0.0738 e. The molecule has 92 valence electrons. The van der Waals surface area contributed by atoms with Crippen LogP contribution in [0.4, 0.5) is 0 Å². The normalized spacial score (nSPS) is 12.0. The lowest BCUT2D eigenvalue weighted by molar-refractivity contribution is 0.237. The van der Waals surface area contributed by atoms with Gasteiger partial charge in [0, 0.05) is 20.1 Å². The van der Waals surface area contributed by atoms with Gasteiger partial charge in [-0.1, -0.05) is 26.0 Å².